The van der Waals surface area contributed by atoms with Gasteiger partial charge in [0.25, 0.3) is 0 Å². The zero-order valence-electron chi connectivity index (χ0n) is 12.8. The topological polar surface area (TPSA) is 38.0 Å². The van der Waals surface area contributed by atoms with Crippen molar-refractivity contribution in [2.24, 2.45) is 23.6 Å². The van der Waals surface area contributed by atoms with E-state index in [9.17, 15) is 0 Å². The zero-order chi connectivity index (χ0) is 13.7. The van der Waals surface area contributed by atoms with Gasteiger partial charge in [-0.15, -0.1) is 0 Å². The van der Waals surface area contributed by atoms with Crippen molar-refractivity contribution in [1.29, 1.82) is 0 Å². The van der Waals surface area contributed by atoms with Crippen molar-refractivity contribution in [3.05, 3.63) is 11.6 Å². The molecular formula is C17H32N2. The first-order valence-corrected chi connectivity index (χ1v) is 8.37. The average molecular weight is 264 g/mol. The number of nitrogens with two attached hydrogens (primary N) is 1. The van der Waals surface area contributed by atoms with E-state index in [1.807, 2.05) is 0 Å². The smallest absolute Gasteiger partial charge is 0.0447 e. The molecular weight excluding hydrogens is 232 g/mol. The molecule has 0 aromatic carbocycles. The molecule has 0 saturated heterocycles. The maximum Gasteiger partial charge on any atom is 0.0447 e. The van der Waals surface area contributed by atoms with Crippen LogP contribution >= 0.6 is 0 Å². The van der Waals surface area contributed by atoms with Gasteiger partial charge in [0, 0.05) is 6.04 Å². The summed E-state index contributed by atoms with van der Waals surface area (Å²) >= 11 is 0. The molecule has 2 rings (SSSR count). The molecule has 19 heavy (non-hydrogen) atoms. The maximum absolute atomic E-state index is 5.89. The van der Waals surface area contributed by atoms with Crippen LogP contribution in [0, 0.1) is 17.8 Å². The van der Waals surface area contributed by atoms with Gasteiger partial charge in [-0.05, 0) is 69.1 Å². The SMILES string of the molecule is CC(C)C1CCC(C(NN)C2=CCCCCC2)CC1. The van der Waals surface area contributed by atoms with Gasteiger partial charge in [-0.2, -0.15) is 0 Å². The Morgan fingerprint density at radius 3 is 2.37 bits per heavy atom. The van der Waals surface area contributed by atoms with E-state index in [0.29, 0.717) is 6.04 Å². The lowest BCUT2D eigenvalue weighted by Crippen LogP contribution is -2.43. The third-order valence-corrected chi connectivity index (χ3v) is 5.39. The zero-order valence-corrected chi connectivity index (χ0v) is 12.8. The summed E-state index contributed by atoms with van der Waals surface area (Å²) in [7, 11) is 0. The first-order chi connectivity index (χ1) is 9.22. The molecule has 0 bridgehead atoms. The summed E-state index contributed by atoms with van der Waals surface area (Å²) < 4.78 is 0. The van der Waals surface area contributed by atoms with Gasteiger partial charge in [0.2, 0.25) is 0 Å². The van der Waals surface area contributed by atoms with Crippen LogP contribution in [0.4, 0.5) is 0 Å². The summed E-state index contributed by atoms with van der Waals surface area (Å²) in [5.74, 6) is 8.45. The highest BCUT2D eigenvalue weighted by molar-refractivity contribution is 5.14. The molecule has 2 aliphatic carbocycles. The van der Waals surface area contributed by atoms with E-state index in [-0.39, 0.29) is 0 Å². The molecule has 1 atom stereocenters. The molecule has 0 aromatic heterocycles. The van der Waals surface area contributed by atoms with Gasteiger partial charge in [-0.25, -0.2) is 0 Å². The molecule has 110 valence electrons. The quantitative estimate of drug-likeness (QED) is 0.454. The monoisotopic (exact) mass is 264 g/mol. The van der Waals surface area contributed by atoms with Gasteiger partial charge >= 0.3 is 0 Å². The van der Waals surface area contributed by atoms with Crippen molar-refractivity contribution in [2.45, 2.75) is 77.7 Å². The van der Waals surface area contributed by atoms with Crippen LogP contribution in [0.3, 0.4) is 0 Å². The second-order valence-corrected chi connectivity index (χ2v) is 6.94. The normalized spacial score (nSPS) is 30.8. The summed E-state index contributed by atoms with van der Waals surface area (Å²) in [6.45, 7) is 4.75. The van der Waals surface area contributed by atoms with E-state index < -0.39 is 0 Å². The van der Waals surface area contributed by atoms with Crippen LogP contribution in [0.15, 0.2) is 11.6 Å². The molecule has 0 aliphatic heterocycles. The van der Waals surface area contributed by atoms with E-state index in [1.165, 1.54) is 57.8 Å². The Bertz CT molecular complexity index is 288. The summed E-state index contributed by atoms with van der Waals surface area (Å²) in [4.78, 5) is 0. The first kappa shape index (κ1) is 15.1. The highest BCUT2D eigenvalue weighted by atomic mass is 15.2. The number of nitrogens with one attached hydrogen (secondary N) is 1. The van der Waals surface area contributed by atoms with Crippen molar-refractivity contribution in [2.75, 3.05) is 0 Å². The summed E-state index contributed by atoms with van der Waals surface area (Å²) in [5.41, 5.74) is 4.75. The molecule has 2 aliphatic rings. The number of rotatable bonds is 4. The number of hydrogen-bond acceptors (Lipinski definition) is 2. The van der Waals surface area contributed by atoms with E-state index in [4.69, 9.17) is 5.84 Å². The minimum Gasteiger partial charge on any atom is -0.271 e. The van der Waals surface area contributed by atoms with Crippen LogP contribution < -0.4 is 11.3 Å². The molecule has 2 nitrogen and oxygen atoms in total. The van der Waals surface area contributed by atoms with E-state index >= 15 is 0 Å². The van der Waals surface area contributed by atoms with E-state index in [2.05, 4.69) is 25.3 Å². The average Bonchev–Trinajstić information content (AvgIpc) is 2.69. The van der Waals surface area contributed by atoms with E-state index in [1.54, 1.807) is 5.57 Å². The highest BCUT2D eigenvalue weighted by Gasteiger charge is 2.30. The van der Waals surface area contributed by atoms with Crippen molar-refractivity contribution in [1.82, 2.24) is 5.43 Å². The molecule has 0 spiro atoms. The minimum atomic E-state index is 0.450. The van der Waals surface area contributed by atoms with Crippen molar-refractivity contribution >= 4 is 0 Å². The third-order valence-electron chi connectivity index (χ3n) is 5.39. The molecule has 1 unspecified atom stereocenters. The number of hydrazine groups is 1. The lowest BCUT2D eigenvalue weighted by atomic mass is 9.73. The van der Waals surface area contributed by atoms with Gasteiger partial charge in [-0.3, -0.25) is 11.3 Å². The van der Waals surface area contributed by atoms with Crippen LogP contribution in [-0.2, 0) is 0 Å². The third kappa shape index (κ3) is 4.06. The molecule has 0 heterocycles. The first-order valence-electron chi connectivity index (χ1n) is 8.37. The van der Waals surface area contributed by atoms with Gasteiger partial charge < -0.3 is 0 Å². The van der Waals surface area contributed by atoms with Gasteiger partial charge in [0.1, 0.15) is 0 Å². The van der Waals surface area contributed by atoms with Crippen LogP contribution in [0.25, 0.3) is 0 Å². The number of allylic oxidation sites excluding steroid dienone is 1. The van der Waals surface area contributed by atoms with Crippen molar-refractivity contribution < 1.29 is 0 Å². The predicted octanol–water partition coefficient (Wildman–Crippen LogP) is 4.17. The fourth-order valence-corrected chi connectivity index (χ4v) is 4.01. The molecule has 0 amide bonds. The van der Waals surface area contributed by atoms with Crippen LogP contribution in [-0.4, -0.2) is 6.04 Å². The highest BCUT2D eigenvalue weighted by Crippen LogP contribution is 2.37. The summed E-state index contributed by atoms with van der Waals surface area (Å²) in [6, 6.07) is 0.450. The second kappa shape index (κ2) is 7.44. The Morgan fingerprint density at radius 1 is 1.05 bits per heavy atom. The molecule has 3 N–H and O–H groups in total. The van der Waals surface area contributed by atoms with Crippen LogP contribution in [0.2, 0.25) is 0 Å². The van der Waals surface area contributed by atoms with E-state index in [0.717, 1.165) is 17.8 Å². The lowest BCUT2D eigenvalue weighted by molar-refractivity contribution is 0.198. The molecule has 2 heteroatoms. The van der Waals surface area contributed by atoms with Gasteiger partial charge in [0.05, 0.1) is 0 Å². The Hall–Kier alpha value is -0.340. The second-order valence-electron chi connectivity index (χ2n) is 6.94. The Balaban J connectivity index is 1.93. The molecule has 0 aromatic rings. The Labute approximate surface area is 119 Å². The maximum atomic E-state index is 5.89. The van der Waals surface area contributed by atoms with Crippen LogP contribution in [0.5, 0.6) is 0 Å². The van der Waals surface area contributed by atoms with Gasteiger partial charge in [0.15, 0.2) is 0 Å². The molecule has 1 fully saturated rings. The predicted molar refractivity (Wildman–Crippen MR) is 82.6 cm³/mol. The number of hydrogen-bond donors (Lipinski definition) is 2. The largest absolute Gasteiger partial charge is 0.271 e. The minimum absolute atomic E-state index is 0.450. The lowest BCUT2D eigenvalue weighted by Gasteiger charge is -2.36. The van der Waals surface area contributed by atoms with Crippen LogP contribution in [0.1, 0.15) is 71.6 Å². The Kier molecular flexibility index (Phi) is 5.90. The molecule has 1 saturated carbocycles. The standard InChI is InChI=1S/C17H32N2/c1-13(2)14-9-11-16(12-10-14)17(19-18)15-7-5-3-4-6-8-15/h7,13-14,16-17,19H,3-6,8-12,18H2,1-2H3. The van der Waals surface area contributed by atoms with Crippen molar-refractivity contribution in [3.63, 3.8) is 0 Å². The fraction of sp³-hybridized carbons (Fsp3) is 0.882. The fourth-order valence-electron chi connectivity index (χ4n) is 4.01. The molecule has 0 radical (unpaired) electrons. The summed E-state index contributed by atoms with van der Waals surface area (Å²) in [6.07, 6.45) is 14.6. The summed E-state index contributed by atoms with van der Waals surface area (Å²) in [5, 5.41) is 0. The van der Waals surface area contributed by atoms with Gasteiger partial charge in [-0.1, -0.05) is 31.9 Å². The Morgan fingerprint density at radius 2 is 1.74 bits per heavy atom. The van der Waals surface area contributed by atoms with Crippen molar-refractivity contribution in [3.8, 4) is 0 Å².